The van der Waals surface area contributed by atoms with Gasteiger partial charge in [0.2, 0.25) is 0 Å². The minimum atomic E-state index is -0.922. The number of hydrogen-bond donors (Lipinski definition) is 0. The SMILES string of the molecule is C=CC(=O)OCCCCCOC1CCC(C2CCC(C3CCC(OCCOC(=O)C=C)CC3)C(F)C2)C(F)C1. The second kappa shape index (κ2) is 17.1. The highest BCUT2D eigenvalue weighted by atomic mass is 19.1. The standard InChI is InChI=1S/C31H48F2O6/c1-3-30(34)38-17-7-5-6-16-36-25-13-15-27(29(33)21-25)23-10-14-26(28(32)20-23)22-8-11-24(12-9-22)37-18-19-39-31(35)4-2/h3-4,22-29H,1-2,5-21H2. The molecule has 0 aromatic carbocycles. The second-order valence-corrected chi connectivity index (χ2v) is 11.5. The lowest BCUT2D eigenvalue weighted by molar-refractivity contribution is -0.140. The summed E-state index contributed by atoms with van der Waals surface area (Å²) >= 11 is 0. The molecule has 0 bridgehead atoms. The average molecular weight is 555 g/mol. The Balaban J connectivity index is 1.28. The predicted octanol–water partition coefficient (Wildman–Crippen LogP) is 6.47. The maximum Gasteiger partial charge on any atom is 0.330 e. The molecule has 0 radical (unpaired) electrons. The molecule has 0 spiro atoms. The third-order valence-electron chi connectivity index (χ3n) is 8.97. The zero-order valence-corrected chi connectivity index (χ0v) is 23.4. The molecule has 0 amide bonds. The molecule has 3 rings (SSSR count). The molecule has 3 fully saturated rings. The number of unbranched alkanes of at least 4 members (excludes halogenated alkanes) is 2. The van der Waals surface area contributed by atoms with Gasteiger partial charge in [0.1, 0.15) is 19.0 Å². The second-order valence-electron chi connectivity index (χ2n) is 11.5. The van der Waals surface area contributed by atoms with Crippen molar-refractivity contribution in [3.05, 3.63) is 25.3 Å². The Morgan fingerprint density at radius 2 is 1.15 bits per heavy atom. The van der Waals surface area contributed by atoms with Gasteiger partial charge in [-0.2, -0.15) is 0 Å². The van der Waals surface area contributed by atoms with E-state index in [9.17, 15) is 9.59 Å². The molecule has 8 heteroatoms. The first-order chi connectivity index (χ1) is 18.9. The smallest absolute Gasteiger partial charge is 0.330 e. The molecule has 0 N–H and O–H groups in total. The van der Waals surface area contributed by atoms with E-state index in [0.29, 0.717) is 38.6 Å². The monoisotopic (exact) mass is 554 g/mol. The van der Waals surface area contributed by atoms with E-state index in [1.807, 2.05) is 0 Å². The summed E-state index contributed by atoms with van der Waals surface area (Å²) < 4.78 is 52.2. The molecule has 3 aliphatic carbocycles. The van der Waals surface area contributed by atoms with E-state index >= 15 is 8.78 Å². The van der Waals surface area contributed by atoms with Crippen LogP contribution in [0.15, 0.2) is 25.3 Å². The van der Waals surface area contributed by atoms with Crippen molar-refractivity contribution < 1.29 is 37.3 Å². The van der Waals surface area contributed by atoms with Crippen LogP contribution in [0.3, 0.4) is 0 Å². The number of esters is 2. The van der Waals surface area contributed by atoms with Crippen LogP contribution < -0.4 is 0 Å². The van der Waals surface area contributed by atoms with Crippen molar-refractivity contribution in [1.82, 2.24) is 0 Å². The van der Waals surface area contributed by atoms with E-state index < -0.39 is 24.3 Å². The van der Waals surface area contributed by atoms with Crippen LogP contribution >= 0.6 is 0 Å². The third-order valence-corrected chi connectivity index (χ3v) is 8.97. The molecular formula is C31H48F2O6. The van der Waals surface area contributed by atoms with Crippen LogP contribution in [0.25, 0.3) is 0 Å². The van der Waals surface area contributed by atoms with E-state index in [1.165, 1.54) is 0 Å². The molecule has 6 unspecified atom stereocenters. The van der Waals surface area contributed by atoms with Gasteiger partial charge in [0.15, 0.2) is 0 Å². The fourth-order valence-corrected chi connectivity index (χ4v) is 6.84. The molecular weight excluding hydrogens is 506 g/mol. The van der Waals surface area contributed by atoms with Gasteiger partial charge in [-0.3, -0.25) is 0 Å². The first-order valence-electron chi connectivity index (χ1n) is 15.0. The molecule has 3 saturated carbocycles. The quantitative estimate of drug-likeness (QED) is 0.131. The molecule has 0 heterocycles. The number of ether oxygens (including phenoxy) is 4. The zero-order chi connectivity index (χ0) is 28.0. The summed E-state index contributed by atoms with van der Waals surface area (Å²) in [4.78, 5) is 22.1. The van der Waals surface area contributed by atoms with Gasteiger partial charge < -0.3 is 18.9 Å². The van der Waals surface area contributed by atoms with E-state index in [1.54, 1.807) is 0 Å². The number of carbonyl (C=O) groups is 2. The molecule has 39 heavy (non-hydrogen) atoms. The summed E-state index contributed by atoms with van der Waals surface area (Å²) in [5.74, 6) is -0.319. The largest absolute Gasteiger partial charge is 0.463 e. The van der Waals surface area contributed by atoms with Gasteiger partial charge in [0, 0.05) is 25.2 Å². The van der Waals surface area contributed by atoms with Crippen molar-refractivity contribution in [2.24, 2.45) is 23.7 Å². The fourth-order valence-electron chi connectivity index (χ4n) is 6.84. The molecule has 0 aromatic rings. The van der Waals surface area contributed by atoms with Gasteiger partial charge >= 0.3 is 11.9 Å². The van der Waals surface area contributed by atoms with E-state index in [0.717, 1.165) is 82.8 Å². The summed E-state index contributed by atoms with van der Waals surface area (Å²) in [5.41, 5.74) is 0. The Morgan fingerprint density at radius 3 is 1.82 bits per heavy atom. The number of alkyl halides is 2. The summed E-state index contributed by atoms with van der Waals surface area (Å²) in [7, 11) is 0. The number of rotatable bonds is 15. The molecule has 0 saturated heterocycles. The lowest BCUT2D eigenvalue weighted by atomic mass is 9.65. The maximum absolute atomic E-state index is 15.4. The van der Waals surface area contributed by atoms with Gasteiger partial charge in [-0.05, 0) is 101 Å². The highest BCUT2D eigenvalue weighted by Crippen LogP contribution is 2.47. The third kappa shape index (κ3) is 10.6. The van der Waals surface area contributed by atoms with Crippen LogP contribution in [-0.2, 0) is 28.5 Å². The first kappa shape index (κ1) is 31.7. The normalized spacial score (nSPS) is 33.2. The van der Waals surface area contributed by atoms with Crippen molar-refractivity contribution in [2.45, 2.75) is 108 Å². The molecule has 0 aliphatic heterocycles. The minimum absolute atomic E-state index is 0.0528. The maximum atomic E-state index is 15.4. The van der Waals surface area contributed by atoms with Crippen LogP contribution in [0.4, 0.5) is 8.78 Å². The highest BCUT2D eigenvalue weighted by Gasteiger charge is 2.43. The summed E-state index contributed by atoms with van der Waals surface area (Å²) in [6, 6.07) is 0. The Hall–Kier alpha value is -1.80. The highest BCUT2D eigenvalue weighted by molar-refractivity contribution is 5.81. The van der Waals surface area contributed by atoms with Gasteiger partial charge in [-0.1, -0.05) is 13.2 Å². The van der Waals surface area contributed by atoms with Crippen molar-refractivity contribution in [2.75, 3.05) is 26.4 Å². The number of hydrogen-bond acceptors (Lipinski definition) is 6. The van der Waals surface area contributed by atoms with E-state index in [-0.39, 0.29) is 36.6 Å². The fraction of sp³-hybridized carbons (Fsp3) is 0.806. The lowest BCUT2D eigenvalue weighted by Gasteiger charge is -2.43. The van der Waals surface area contributed by atoms with Gasteiger partial charge in [-0.15, -0.1) is 0 Å². The van der Waals surface area contributed by atoms with E-state index in [4.69, 9.17) is 18.9 Å². The molecule has 3 aliphatic rings. The van der Waals surface area contributed by atoms with Crippen LogP contribution in [0.1, 0.15) is 83.5 Å². The molecule has 6 nitrogen and oxygen atoms in total. The van der Waals surface area contributed by atoms with Crippen LogP contribution in [-0.4, -0.2) is 62.9 Å². The van der Waals surface area contributed by atoms with Crippen LogP contribution in [0, 0.1) is 23.7 Å². The summed E-state index contributed by atoms with van der Waals surface area (Å²) in [6.07, 6.45) is 11.2. The lowest BCUT2D eigenvalue weighted by Crippen LogP contribution is -2.41. The summed E-state index contributed by atoms with van der Waals surface area (Å²) in [6.45, 7) is 8.30. The average Bonchev–Trinajstić information content (AvgIpc) is 2.95. The Bertz CT molecular complexity index is 768. The predicted molar refractivity (Wildman–Crippen MR) is 146 cm³/mol. The first-order valence-corrected chi connectivity index (χ1v) is 15.0. The molecule has 6 atom stereocenters. The van der Waals surface area contributed by atoms with Crippen LogP contribution in [0.2, 0.25) is 0 Å². The number of halogens is 2. The topological polar surface area (TPSA) is 71.1 Å². The van der Waals surface area contributed by atoms with Crippen molar-refractivity contribution in [1.29, 1.82) is 0 Å². The van der Waals surface area contributed by atoms with Gasteiger partial charge in [-0.25, -0.2) is 18.4 Å². The molecule has 222 valence electrons. The minimum Gasteiger partial charge on any atom is -0.463 e. The van der Waals surface area contributed by atoms with Crippen molar-refractivity contribution in [3.8, 4) is 0 Å². The summed E-state index contributed by atoms with van der Waals surface area (Å²) in [5, 5.41) is 0. The Labute approximate surface area is 232 Å². The van der Waals surface area contributed by atoms with Crippen LogP contribution in [0.5, 0.6) is 0 Å². The van der Waals surface area contributed by atoms with Crippen molar-refractivity contribution in [3.63, 3.8) is 0 Å². The Kier molecular flexibility index (Phi) is 13.9. The number of carbonyl (C=O) groups excluding carboxylic acids is 2. The zero-order valence-electron chi connectivity index (χ0n) is 23.4. The van der Waals surface area contributed by atoms with Gasteiger partial charge in [0.05, 0.1) is 25.4 Å². The van der Waals surface area contributed by atoms with E-state index in [2.05, 4.69) is 13.2 Å². The van der Waals surface area contributed by atoms with Crippen molar-refractivity contribution >= 4 is 11.9 Å². The molecule has 0 aromatic heterocycles. The Morgan fingerprint density at radius 1 is 0.615 bits per heavy atom. The van der Waals surface area contributed by atoms with Gasteiger partial charge in [0.25, 0.3) is 0 Å².